The Kier molecular flexibility index (Phi) is 44.3. The van der Waals surface area contributed by atoms with Crippen LogP contribution in [0.5, 0.6) is 0 Å². The molecule has 0 saturated heterocycles. The second-order valence-corrected chi connectivity index (χ2v) is 16.2. The lowest BCUT2D eigenvalue weighted by molar-refractivity contribution is -0.151. The number of esters is 1. The molecule has 6 nitrogen and oxygen atoms in total. The molecule has 3 unspecified atom stereocenters. The monoisotopic (exact) mass is 834 g/mol. The number of carbonyl (C=O) groups excluding carboxylic acids is 2. The quantitative estimate of drug-likeness (QED) is 0.0246. The van der Waals surface area contributed by atoms with E-state index in [0.29, 0.717) is 19.3 Å². The van der Waals surface area contributed by atoms with Crippen molar-refractivity contribution in [2.45, 2.75) is 225 Å². The summed E-state index contributed by atoms with van der Waals surface area (Å²) in [5.74, 6) is -0.551. The van der Waals surface area contributed by atoms with E-state index in [1.165, 1.54) is 57.8 Å². The molecule has 0 aromatic carbocycles. The van der Waals surface area contributed by atoms with Crippen molar-refractivity contribution in [3.05, 3.63) is 97.2 Å². The van der Waals surface area contributed by atoms with Gasteiger partial charge in [0.05, 0.1) is 25.2 Å². The topological polar surface area (TPSA) is 95.9 Å². The van der Waals surface area contributed by atoms with Gasteiger partial charge in [0.25, 0.3) is 0 Å². The Morgan fingerprint density at radius 3 is 1.60 bits per heavy atom. The molecule has 0 aromatic heterocycles. The van der Waals surface area contributed by atoms with Crippen LogP contribution in [0.25, 0.3) is 0 Å². The van der Waals surface area contributed by atoms with Gasteiger partial charge in [-0.3, -0.25) is 9.59 Å². The summed E-state index contributed by atoms with van der Waals surface area (Å²) in [6.45, 7) is 6.24. The van der Waals surface area contributed by atoms with Gasteiger partial charge < -0.3 is 20.3 Å². The van der Waals surface area contributed by atoms with Crippen LogP contribution in [0.3, 0.4) is 0 Å². The van der Waals surface area contributed by atoms with E-state index in [-0.39, 0.29) is 24.9 Å². The number of amides is 1. The van der Waals surface area contributed by atoms with Crippen LogP contribution in [0.1, 0.15) is 207 Å². The van der Waals surface area contributed by atoms with Crippen LogP contribution in [0.2, 0.25) is 0 Å². The smallest absolute Gasteiger partial charge is 0.306 e. The van der Waals surface area contributed by atoms with Gasteiger partial charge in [-0.05, 0) is 77.0 Å². The minimum Gasteiger partial charge on any atom is -0.462 e. The molecule has 0 spiro atoms. The average molecular weight is 834 g/mol. The highest BCUT2D eigenvalue weighted by molar-refractivity contribution is 5.77. The molecular weight excluding hydrogens is 743 g/mol. The third kappa shape index (κ3) is 41.5. The molecule has 0 aliphatic rings. The van der Waals surface area contributed by atoms with E-state index in [4.69, 9.17) is 4.74 Å². The van der Waals surface area contributed by atoms with Crippen LogP contribution in [0, 0.1) is 0 Å². The molecule has 3 N–H and O–H groups in total. The number of allylic oxidation sites excluding steroid dienone is 16. The highest BCUT2D eigenvalue weighted by atomic mass is 16.5. The Hall–Kier alpha value is -3.22. The lowest BCUT2D eigenvalue weighted by atomic mass is 10.0. The number of hydrogen-bond donors (Lipinski definition) is 3. The van der Waals surface area contributed by atoms with E-state index in [1.54, 1.807) is 0 Å². The number of aliphatic hydroxyl groups is 2. The van der Waals surface area contributed by atoms with Gasteiger partial charge in [0.15, 0.2) is 0 Å². The summed E-state index contributed by atoms with van der Waals surface area (Å²) in [7, 11) is 0. The molecule has 0 rings (SSSR count). The third-order valence-electron chi connectivity index (χ3n) is 10.5. The Labute approximate surface area is 369 Å². The Morgan fingerprint density at radius 2 is 1.00 bits per heavy atom. The molecular formula is C54H91NO5. The number of unbranched alkanes of at least 4 members (excludes halogenated alkanes) is 18. The summed E-state index contributed by atoms with van der Waals surface area (Å²) in [6.07, 6.45) is 61.7. The maximum atomic E-state index is 13.2. The van der Waals surface area contributed by atoms with E-state index in [9.17, 15) is 19.8 Å². The number of nitrogens with one attached hydrogen (secondary N) is 1. The Balaban J connectivity index is 4.77. The largest absolute Gasteiger partial charge is 0.462 e. The number of hydrogen-bond acceptors (Lipinski definition) is 5. The van der Waals surface area contributed by atoms with Crippen molar-refractivity contribution in [2.24, 2.45) is 0 Å². The van der Waals surface area contributed by atoms with E-state index >= 15 is 0 Å². The van der Waals surface area contributed by atoms with Crippen LogP contribution in [0.4, 0.5) is 0 Å². The summed E-state index contributed by atoms with van der Waals surface area (Å²) in [5, 5.41) is 23.7. The zero-order chi connectivity index (χ0) is 43.8. The molecule has 0 heterocycles. The SMILES string of the molecule is CC/C=C/C/C=C/C/C=C/CCCCCCC(=O)OC(CCCCC/C=C/C=C/C=C/C=C/C=C/CCC)CC(=O)NC(CO)C(O)CCCCCCCCCCCCC. The molecule has 342 valence electrons. The standard InChI is InChI=1S/C54H91NO5/c1-4-7-10-13-16-19-22-24-26-27-28-31-33-36-39-42-45-50(60-54(59)47-44-41-38-35-32-29-25-23-20-17-14-11-8-5-2)48-53(58)55-51(49-56)52(57)46-43-40-37-34-30-21-18-15-12-9-6-3/h8,10-11,13,16-17,19-20,22,24-29,31,50-52,56-57H,4-7,9,12,14-15,18,21,23,30,32-49H2,1-3H3,(H,55,58)/b11-8+,13-10+,19-16+,20-17+,24-22+,27-26+,29-25+,31-28+. The minimum absolute atomic E-state index is 0.0345. The number of ether oxygens (including phenoxy) is 1. The van der Waals surface area contributed by atoms with E-state index < -0.39 is 18.2 Å². The zero-order valence-corrected chi connectivity index (χ0v) is 38.8. The normalized spacial score (nSPS) is 14.2. The zero-order valence-electron chi connectivity index (χ0n) is 38.8. The fourth-order valence-corrected chi connectivity index (χ4v) is 6.83. The molecule has 6 heteroatoms. The second-order valence-electron chi connectivity index (χ2n) is 16.2. The van der Waals surface area contributed by atoms with Crippen LogP contribution >= 0.6 is 0 Å². The van der Waals surface area contributed by atoms with Crippen molar-refractivity contribution in [1.29, 1.82) is 0 Å². The van der Waals surface area contributed by atoms with Gasteiger partial charge in [-0.15, -0.1) is 0 Å². The summed E-state index contributed by atoms with van der Waals surface area (Å²) in [4.78, 5) is 26.1. The van der Waals surface area contributed by atoms with E-state index in [1.807, 2.05) is 36.5 Å². The van der Waals surface area contributed by atoms with Gasteiger partial charge in [-0.25, -0.2) is 0 Å². The molecule has 3 atom stereocenters. The molecule has 0 fully saturated rings. The Morgan fingerprint density at radius 1 is 0.517 bits per heavy atom. The van der Waals surface area contributed by atoms with E-state index in [0.717, 1.165) is 103 Å². The van der Waals surface area contributed by atoms with Gasteiger partial charge in [-0.1, -0.05) is 214 Å². The van der Waals surface area contributed by atoms with Crippen molar-refractivity contribution in [1.82, 2.24) is 5.32 Å². The van der Waals surface area contributed by atoms with Crippen LogP contribution in [0.15, 0.2) is 97.2 Å². The van der Waals surface area contributed by atoms with Crippen molar-refractivity contribution in [3.8, 4) is 0 Å². The molecule has 60 heavy (non-hydrogen) atoms. The molecule has 1 amide bonds. The fraction of sp³-hybridized carbons (Fsp3) is 0.667. The molecule has 0 aliphatic heterocycles. The maximum absolute atomic E-state index is 13.2. The van der Waals surface area contributed by atoms with Gasteiger partial charge in [-0.2, -0.15) is 0 Å². The first kappa shape index (κ1) is 56.8. The number of rotatable bonds is 42. The second kappa shape index (κ2) is 46.8. The highest BCUT2D eigenvalue weighted by Gasteiger charge is 2.24. The first-order valence-corrected chi connectivity index (χ1v) is 24.5. The first-order chi connectivity index (χ1) is 29.5. The molecule has 0 radical (unpaired) electrons. The van der Waals surface area contributed by atoms with Crippen molar-refractivity contribution in [2.75, 3.05) is 6.61 Å². The van der Waals surface area contributed by atoms with Crippen molar-refractivity contribution < 1.29 is 24.5 Å². The van der Waals surface area contributed by atoms with Crippen LogP contribution in [-0.4, -0.2) is 46.9 Å². The van der Waals surface area contributed by atoms with Gasteiger partial charge >= 0.3 is 5.97 Å². The number of carbonyl (C=O) groups is 2. The lowest BCUT2D eigenvalue weighted by Gasteiger charge is -2.24. The summed E-state index contributed by atoms with van der Waals surface area (Å²) >= 11 is 0. The third-order valence-corrected chi connectivity index (χ3v) is 10.5. The predicted octanol–water partition coefficient (Wildman–Crippen LogP) is 14.6. The van der Waals surface area contributed by atoms with Gasteiger partial charge in [0, 0.05) is 6.42 Å². The average Bonchev–Trinajstić information content (AvgIpc) is 3.24. The van der Waals surface area contributed by atoms with Crippen molar-refractivity contribution in [3.63, 3.8) is 0 Å². The minimum atomic E-state index is -0.808. The summed E-state index contributed by atoms with van der Waals surface area (Å²) < 4.78 is 5.89. The van der Waals surface area contributed by atoms with Crippen LogP contribution in [-0.2, 0) is 14.3 Å². The number of aliphatic hydroxyl groups excluding tert-OH is 2. The van der Waals surface area contributed by atoms with Crippen molar-refractivity contribution >= 4 is 11.9 Å². The molecule has 0 aliphatic carbocycles. The molecule has 0 aromatic rings. The van der Waals surface area contributed by atoms with Gasteiger partial charge in [0.1, 0.15) is 6.10 Å². The summed E-state index contributed by atoms with van der Waals surface area (Å²) in [6, 6.07) is -0.725. The Bertz CT molecular complexity index is 1210. The predicted molar refractivity (Wildman–Crippen MR) is 259 cm³/mol. The summed E-state index contributed by atoms with van der Waals surface area (Å²) in [5.41, 5.74) is 0. The molecule has 0 bridgehead atoms. The first-order valence-electron chi connectivity index (χ1n) is 24.5. The molecule has 0 saturated carbocycles. The highest BCUT2D eigenvalue weighted by Crippen LogP contribution is 2.17. The maximum Gasteiger partial charge on any atom is 0.306 e. The van der Waals surface area contributed by atoms with Crippen LogP contribution < -0.4 is 5.32 Å². The lowest BCUT2D eigenvalue weighted by Crippen LogP contribution is -2.46. The van der Waals surface area contributed by atoms with E-state index in [2.05, 4.69) is 86.8 Å². The van der Waals surface area contributed by atoms with Gasteiger partial charge in [0.2, 0.25) is 5.91 Å². The fourth-order valence-electron chi connectivity index (χ4n) is 6.83.